The lowest BCUT2D eigenvalue weighted by molar-refractivity contribution is -0.135. The van der Waals surface area contributed by atoms with Gasteiger partial charge in [-0.25, -0.2) is 4.99 Å². The molecule has 0 radical (unpaired) electrons. The zero-order valence-electron chi connectivity index (χ0n) is 9.03. The van der Waals surface area contributed by atoms with E-state index in [0.717, 1.165) is 5.56 Å². The smallest absolute Gasteiger partial charge is 0.288 e. The number of hydrogen-bond donors (Lipinski definition) is 2. The van der Waals surface area contributed by atoms with Gasteiger partial charge in [-0.15, -0.1) is 0 Å². The lowest BCUT2D eigenvalue weighted by atomic mass is 10.1. The molecule has 0 bridgehead atoms. The number of halogens is 1. The van der Waals surface area contributed by atoms with E-state index in [1.807, 2.05) is 19.1 Å². The van der Waals surface area contributed by atoms with Gasteiger partial charge in [0, 0.05) is 5.02 Å². The summed E-state index contributed by atoms with van der Waals surface area (Å²) in [4.78, 5) is 26.0. The molecule has 0 aromatic heterocycles. The fraction of sp³-hybridized carbons (Fsp3) is 0.182. The second kappa shape index (κ2) is 4.55. The van der Waals surface area contributed by atoms with Crippen molar-refractivity contribution in [2.45, 2.75) is 13.0 Å². The minimum Gasteiger partial charge on any atom is -0.288 e. The number of nitrogens with one attached hydrogen (secondary N) is 2. The van der Waals surface area contributed by atoms with Crippen molar-refractivity contribution in [1.29, 1.82) is 0 Å². The van der Waals surface area contributed by atoms with E-state index in [4.69, 9.17) is 11.6 Å². The predicted octanol–water partition coefficient (Wildman–Crippen LogP) is 1.00. The van der Waals surface area contributed by atoms with Gasteiger partial charge in [-0.3, -0.25) is 20.2 Å². The van der Waals surface area contributed by atoms with E-state index in [2.05, 4.69) is 15.6 Å². The number of carbonyl (C=O) groups excluding carboxylic acids is 2. The first kappa shape index (κ1) is 11.6. The molecule has 1 aromatic rings. The Morgan fingerprint density at radius 3 is 2.47 bits per heavy atom. The van der Waals surface area contributed by atoms with E-state index in [-0.39, 0.29) is 12.0 Å². The average molecular weight is 252 g/mol. The highest BCUT2D eigenvalue weighted by atomic mass is 35.5. The van der Waals surface area contributed by atoms with Crippen LogP contribution in [0.3, 0.4) is 0 Å². The standard InChI is InChI=1S/C11H10ClN3O2/c1-6(7-3-2-4-8(12)5-7)13-11-14-9(16)10(17)15-11/h2-6H,1H3,(H2,13,14,15,16,17). The molecule has 2 rings (SSSR count). The van der Waals surface area contributed by atoms with E-state index < -0.39 is 11.8 Å². The molecule has 17 heavy (non-hydrogen) atoms. The molecule has 1 fully saturated rings. The van der Waals surface area contributed by atoms with E-state index in [1.165, 1.54) is 0 Å². The van der Waals surface area contributed by atoms with E-state index >= 15 is 0 Å². The van der Waals surface area contributed by atoms with Crippen LogP contribution in [-0.2, 0) is 9.59 Å². The number of hydrogen-bond acceptors (Lipinski definition) is 3. The topological polar surface area (TPSA) is 70.6 Å². The first-order valence-electron chi connectivity index (χ1n) is 5.02. The molecule has 5 nitrogen and oxygen atoms in total. The molecule has 1 aliphatic rings. The maximum atomic E-state index is 10.9. The molecule has 0 spiro atoms. The highest BCUT2D eigenvalue weighted by Crippen LogP contribution is 2.20. The molecule has 1 aliphatic heterocycles. The number of carbonyl (C=O) groups is 2. The third-order valence-corrected chi connectivity index (χ3v) is 2.56. The van der Waals surface area contributed by atoms with E-state index in [1.54, 1.807) is 12.1 Å². The largest absolute Gasteiger partial charge is 0.316 e. The molecule has 88 valence electrons. The predicted molar refractivity (Wildman–Crippen MR) is 63.6 cm³/mol. The van der Waals surface area contributed by atoms with E-state index in [0.29, 0.717) is 5.02 Å². The van der Waals surface area contributed by atoms with E-state index in [9.17, 15) is 9.59 Å². The Morgan fingerprint density at radius 1 is 1.24 bits per heavy atom. The van der Waals surface area contributed by atoms with Crippen molar-refractivity contribution in [3.63, 3.8) is 0 Å². The summed E-state index contributed by atoms with van der Waals surface area (Å²) in [6.07, 6.45) is 0. The van der Waals surface area contributed by atoms with Crippen molar-refractivity contribution in [1.82, 2.24) is 10.6 Å². The molecule has 1 aromatic carbocycles. The quantitative estimate of drug-likeness (QED) is 0.770. The first-order valence-corrected chi connectivity index (χ1v) is 5.39. The van der Waals surface area contributed by atoms with Crippen LogP contribution in [0.4, 0.5) is 0 Å². The summed E-state index contributed by atoms with van der Waals surface area (Å²) in [5.41, 5.74) is 0.903. The average Bonchev–Trinajstić information content (AvgIpc) is 2.58. The Bertz CT molecular complexity index is 495. The molecular formula is C11H10ClN3O2. The highest BCUT2D eigenvalue weighted by molar-refractivity contribution is 6.45. The minimum atomic E-state index is -0.693. The van der Waals surface area contributed by atoms with Crippen LogP contribution in [0.15, 0.2) is 29.3 Å². The molecule has 1 unspecified atom stereocenters. The van der Waals surface area contributed by atoms with Crippen LogP contribution >= 0.6 is 11.6 Å². The molecule has 1 atom stereocenters. The summed E-state index contributed by atoms with van der Waals surface area (Å²) in [5, 5.41) is 5.29. The fourth-order valence-electron chi connectivity index (χ4n) is 1.46. The van der Waals surface area contributed by atoms with Crippen LogP contribution in [0.5, 0.6) is 0 Å². The number of rotatable bonds is 2. The lowest BCUT2D eigenvalue weighted by Crippen LogP contribution is -2.26. The third kappa shape index (κ3) is 2.62. The normalized spacial score (nSPS) is 16.5. The minimum absolute atomic E-state index is 0.174. The number of aliphatic imine (C=N–C) groups is 1. The SMILES string of the molecule is CC(N=C1NC(=O)C(=O)N1)c1cccc(Cl)c1. The second-order valence-corrected chi connectivity index (χ2v) is 4.05. The van der Waals surface area contributed by atoms with Crippen molar-refractivity contribution >= 4 is 29.4 Å². The van der Waals surface area contributed by atoms with Gasteiger partial charge < -0.3 is 0 Å². The van der Waals surface area contributed by atoms with Crippen molar-refractivity contribution in [2.75, 3.05) is 0 Å². The van der Waals surface area contributed by atoms with Gasteiger partial charge >= 0.3 is 11.8 Å². The summed E-state index contributed by atoms with van der Waals surface area (Å²) in [5.74, 6) is -1.21. The summed E-state index contributed by atoms with van der Waals surface area (Å²) in [6.45, 7) is 1.84. The fourth-order valence-corrected chi connectivity index (χ4v) is 1.66. The Kier molecular flexibility index (Phi) is 3.10. The number of amides is 2. The Balaban J connectivity index is 2.17. The zero-order chi connectivity index (χ0) is 12.4. The zero-order valence-corrected chi connectivity index (χ0v) is 9.78. The monoisotopic (exact) mass is 251 g/mol. The summed E-state index contributed by atoms with van der Waals surface area (Å²) in [6, 6.07) is 7.04. The molecule has 2 amide bonds. The summed E-state index contributed by atoms with van der Waals surface area (Å²) in [7, 11) is 0. The number of nitrogens with zero attached hydrogens (tertiary/aromatic N) is 1. The number of guanidine groups is 1. The van der Waals surface area contributed by atoms with Crippen molar-refractivity contribution in [2.24, 2.45) is 4.99 Å². The highest BCUT2D eigenvalue weighted by Gasteiger charge is 2.25. The Morgan fingerprint density at radius 2 is 1.88 bits per heavy atom. The van der Waals surface area contributed by atoms with Crippen LogP contribution in [-0.4, -0.2) is 17.8 Å². The molecule has 1 saturated heterocycles. The summed E-state index contributed by atoms with van der Waals surface area (Å²) < 4.78 is 0. The Labute approximate surface area is 103 Å². The van der Waals surface area contributed by atoms with Crippen molar-refractivity contribution in [3.05, 3.63) is 34.9 Å². The molecule has 0 saturated carbocycles. The first-order chi connectivity index (χ1) is 8.06. The summed E-state index contributed by atoms with van der Waals surface area (Å²) >= 11 is 5.86. The van der Waals surface area contributed by atoms with Gasteiger partial charge in [0.1, 0.15) is 0 Å². The number of benzene rings is 1. The van der Waals surface area contributed by atoms with Gasteiger partial charge in [0.25, 0.3) is 0 Å². The van der Waals surface area contributed by atoms with Crippen molar-refractivity contribution < 1.29 is 9.59 Å². The van der Waals surface area contributed by atoms with Crippen molar-refractivity contribution in [3.8, 4) is 0 Å². The second-order valence-electron chi connectivity index (χ2n) is 3.62. The van der Waals surface area contributed by atoms with Gasteiger partial charge in [0.05, 0.1) is 6.04 Å². The molecule has 2 N–H and O–H groups in total. The maximum Gasteiger partial charge on any atom is 0.316 e. The third-order valence-electron chi connectivity index (χ3n) is 2.32. The molecular weight excluding hydrogens is 242 g/mol. The van der Waals surface area contributed by atoms with Crippen LogP contribution in [0, 0.1) is 0 Å². The molecule has 0 aliphatic carbocycles. The van der Waals surface area contributed by atoms with Crippen LogP contribution in [0.1, 0.15) is 18.5 Å². The van der Waals surface area contributed by atoms with Gasteiger partial charge in [-0.1, -0.05) is 23.7 Å². The van der Waals surface area contributed by atoms with Gasteiger partial charge in [-0.2, -0.15) is 0 Å². The van der Waals surface area contributed by atoms with Gasteiger partial charge in [0.15, 0.2) is 0 Å². The van der Waals surface area contributed by atoms with Crippen LogP contribution in [0.25, 0.3) is 0 Å². The molecule has 6 heteroatoms. The van der Waals surface area contributed by atoms with Gasteiger partial charge in [0.2, 0.25) is 5.96 Å². The van der Waals surface area contributed by atoms with Gasteiger partial charge in [-0.05, 0) is 24.6 Å². The maximum absolute atomic E-state index is 10.9. The van der Waals surface area contributed by atoms with Crippen LogP contribution < -0.4 is 10.6 Å². The molecule has 1 heterocycles. The lowest BCUT2D eigenvalue weighted by Gasteiger charge is -2.08. The van der Waals surface area contributed by atoms with Crippen LogP contribution in [0.2, 0.25) is 5.02 Å². The Hall–Kier alpha value is -1.88.